The zero-order valence-electron chi connectivity index (χ0n) is 5.78. The van der Waals surface area contributed by atoms with Crippen molar-refractivity contribution in [1.82, 2.24) is 0 Å². The summed E-state index contributed by atoms with van der Waals surface area (Å²) in [6, 6.07) is 0. The average molecular weight is 230 g/mol. The molecule has 0 unspecified atom stereocenters. The van der Waals surface area contributed by atoms with Gasteiger partial charge in [-0.25, -0.2) is 0 Å². The molecule has 0 aliphatic heterocycles. The molecule has 0 saturated carbocycles. The zero-order valence-corrected chi connectivity index (χ0v) is 10.3. The molecule has 0 aliphatic rings. The second kappa shape index (κ2) is 15.7. The standard InChI is InChI=1S/C6H13.BrH.Zn/c1-3-5-6-4-2;;/h5H,3-4,6H2,1-2H3;1H;/q-1;;+2/p-1. The SMILES string of the molecule is CC[CH-]CCC.[Br-].[Zn+2]. The van der Waals surface area contributed by atoms with Crippen LogP contribution in [0.1, 0.15) is 33.1 Å². The summed E-state index contributed by atoms with van der Waals surface area (Å²) in [5.74, 6) is 0. The van der Waals surface area contributed by atoms with Gasteiger partial charge in [-0.05, 0) is 0 Å². The van der Waals surface area contributed by atoms with Crippen molar-refractivity contribution in [2.45, 2.75) is 33.1 Å². The molecular formula is C6H13BrZn. The molecule has 0 fully saturated rings. The van der Waals surface area contributed by atoms with Crippen LogP contribution in [0.2, 0.25) is 0 Å². The Balaban J connectivity index is -0.000000125. The van der Waals surface area contributed by atoms with Crippen LogP contribution in [0.25, 0.3) is 0 Å². The van der Waals surface area contributed by atoms with Gasteiger partial charge < -0.3 is 23.4 Å². The molecule has 0 aromatic heterocycles. The van der Waals surface area contributed by atoms with E-state index >= 15 is 0 Å². The van der Waals surface area contributed by atoms with Crippen LogP contribution in [0.15, 0.2) is 0 Å². The number of rotatable bonds is 3. The van der Waals surface area contributed by atoms with Crippen molar-refractivity contribution in [2.24, 2.45) is 0 Å². The first-order chi connectivity index (χ1) is 2.91. The molecule has 0 heterocycles. The maximum atomic E-state index is 2.31. The van der Waals surface area contributed by atoms with Crippen molar-refractivity contribution in [3.05, 3.63) is 6.42 Å². The number of halogens is 1. The molecule has 0 spiro atoms. The second-order valence-corrected chi connectivity index (χ2v) is 1.49. The number of hydrogen-bond donors (Lipinski definition) is 0. The largest absolute Gasteiger partial charge is 2.00 e. The maximum Gasteiger partial charge on any atom is 2.00 e. The van der Waals surface area contributed by atoms with Gasteiger partial charge >= 0.3 is 19.5 Å². The summed E-state index contributed by atoms with van der Waals surface area (Å²) < 4.78 is 0. The van der Waals surface area contributed by atoms with Crippen molar-refractivity contribution in [2.75, 3.05) is 0 Å². The third-order valence-corrected chi connectivity index (χ3v) is 0.781. The molecule has 0 aromatic carbocycles. The zero-order chi connectivity index (χ0) is 4.83. The van der Waals surface area contributed by atoms with Gasteiger partial charge in [0.25, 0.3) is 0 Å². The quantitative estimate of drug-likeness (QED) is 0.345. The summed E-state index contributed by atoms with van der Waals surface area (Å²) in [4.78, 5) is 0. The molecule has 0 atom stereocenters. The molecule has 0 radical (unpaired) electrons. The Morgan fingerprint density at radius 2 is 1.75 bits per heavy atom. The minimum absolute atomic E-state index is 0. The Kier molecular flexibility index (Phi) is 31.5. The predicted octanol–water partition coefficient (Wildman–Crippen LogP) is -0.598. The molecule has 0 rings (SSSR count). The molecule has 46 valence electrons. The molecule has 8 heavy (non-hydrogen) atoms. The summed E-state index contributed by atoms with van der Waals surface area (Å²) in [6.45, 7) is 4.38. The summed E-state index contributed by atoms with van der Waals surface area (Å²) in [6.07, 6.45) is 6.12. The minimum atomic E-state index is 0. The van der Waals surface area contributed by atoms with Gasteiger partial charge in [0, 0.05) is 0 Å². The van der Waals surface area contributed by atoms with E-state index in [1.165, 1.54) is 19.3 Å². The second-order valence-electron chi connectivity index (χ2n) is 1.49. The van der Waals surface area contributed by atoms with Crippen LogP contribution in [-0.2, 0) is 19.5 Å². The Morgan fingerprint density at radius 3 is 1.88 bits per heavy atom. The van der Waals surface area contributed by atoms with Crippen molar-refractivity contribution in [3.8, 4) is 0 Å². The Hall–Kier alpha value is 1.10. The Labute approximate surface area is 76.0 Å². The molecular weight excluding hydrogens is 217 g/mol. The van der Waals surface area contributed by atoms with Crippen LogP contribution in [0.3, 0.4) is 0 Å². The van der Waals surface area contributed by atoms with Gasteiger partial charge in [-0.1, -0.05) is 20.3 Å². The molecule has 0 N–H and O–H groups in total. The Morgan fingerprint density at radius 1 is 1.25 bits per heavy atom. The average Bonchev–Trinajstić information content (AvgIpc) is 1.61. The monoisotopic (exact) mass is 228 g/mol. The molecule has 0 aliphatic carbocycles. The van der Waals surface area contributed by atoms with Crippen LogP contribution < -0.4 is 17.0 Å². The smallest absolute Gasteiger partial charge is 1.00 e. The molecule has 0 bridgehead atoms. The predicted molar refractivity (Wildman–Crippen MR) is 29.5 cm³/mol. The third-order valence-electron chi connectivity index (χ3n) is 0.781. The van der Waals surface area contributed by atoms with Crippen LogP contribution >= 0.6 is 0 Å². The van der Waals surface area contributed by atoms with Crippen molar-refractivity contribution in [3.63, 3.8) is 0 Å². The fraction of sp³-hybridized carbons (Fsp3) is 0.833. The van der Waals surface area contributed by atoms with E-state index in [2.05, 4.69) is 20.3 Å². The van der Waals surface area contributed by atoms with Gasteiger partial charge in [0.1, 0.15) is 0 Å². The first kappa shape index (κ1) is 16.0. The maximum absolute atomic E-state index is 2.31. The van der Waals surface area contributed by atoms with Crippen LogP contribution in [0.5, 0.6) is 0 Å². The summed E-state index contributed by atoms with van der Waals surface area (Å²) >= 11 is 0. The summed E-state index contributed by atoms with van der Waals surface area (Å²) in [7, 11) is 0. The fourth-order valence-electron chi connectivity index (χ4n) is 0.408. The van der Waals surface area contributed by atoms with E-state index in [1.807, 2.05) is 0 Å². The third kappa shape index (κ3) is 15.7. The van der Waals surface area contributed by atoms with Gasteiger partial charge in [0.15, 0.2) is 0 Å². The molecule has 0 nitrogen and oxygen atoms in total. The Bertz CT molecular complexity index is 20.5. The van der Waals surface area contributed by atoms with E-state index in [1.54, 1.807) is 0 Å². The van der Waals surface area contributed by atoms with Gasteiger partial charge in [-0.2, -0.15) is 12.8 Å². The van der Waals surface area contributed by atoms with Gasteiger partial charge in [0.2, 0.25) is 0 Å². The molecule has 0 saturated heterocycles. The topological polar surface area (TPSA) is 0 Å². The van der Waals surface area contributed by atoms with Gasteiger partial charge in [-0.15, -0.1) is 0 Å². The van der Waals surface area contributed by atoms with Gasteiger partial charge in [-0.3, -0.25) is 0 Å². The summed E-state index contributed by atoms with van der Waals surface area (Å²) in [5.41, 5.74) is 0. The van der Waals surface area contributed by atoms with E-state index in [0.717, 1.165) is 0 Å². The van der Waals surface area contributed by atoms with Crippen LogP contribution in [0.4, 0.5) is 0 Å². The number of unbranched alkanes of at least 4 members (excludes halogenated alkanes) is 3. The van der Waals surface area contributed by atoms with Crippen molar-refractivity contribution < 1.29 is 36.5 Å². The number of hydrogen-bond acceptors (Lipinski definition) is 0. The van der Waals surface area contributed by atoms with E-state index in [0.29, 0.717) is 0 Å². The molecule has 0 aromatic rings. The summed E-state index contributed by atoms with van der Waals surface area (Å²) in [5, 5.41) is 0. The normalized spacial score (nSPS) is 6.75. The van der Waals surface area contributed by atoms with E-state index in [9.17, 15) is 0 Å². The van der Waals surface area contributed by atoms with Crippen LogP contribution in [-0.4, -0.2) is 0 Å². The first-order valence-corrected chi connectivity index (χ1v) is 2.73. The van der Waals surface area contributed by atoms with E-state index in [4.69, 9.17) is 0 Å². The first-order valence-electron chi connectivity index (χ1n) is 2.73. The molecule has 0 amide bonds. The van der Waals surface area contributed by atoms with Crippen LogP contribution in [0, 0.1) is 6.42 Å². The van der Waals surface area contributed by atoms with Crippen molar-refractivity contribution >= 4 is 0 Å². The fourth-order valence-corrected chi connectivity index (χ4v) is 0.408. The van der Waals surface area contributed by atoms with Crippen molar-refractivity contribution in [1.29, 1.82) is 0 Å². The molecule has 2 heteroatoms. The van der Waals surface area contributed by atoms with Gasteiger partial charge in [0.05, 0.1) is 0 Å². The van der Waals surface area contributed by atoms with E-state index < -0.39 is 0 Å². The minimum Gasteiger partial charge on any atom is -1.00 e. The van der Waals surface area contributed by atoms with E-state index in [-0.39, 0.29) is 36.5 Å².